The number of carbonyl (C=O) groups is 1. The monoisotopic (exact) mass is 421 g/mol. The Balaban J connectivity index is 0. The van der Waals surface area contributed by atoms with Crippen LogP contribution in [-0.4, -0.2) is 26.3 Å². The SMILES string of the molecule is CC.CCl.COc1ccc(CCN)cc1C.Cc1cccc(CCCCC=O)c1. The second-order valence-electron chi connectivity index (χ2n) is 6.24. The number of methoxy groups -OCH3 is 1. The van der Waals surface area contributed by atoms with Gasteiger partial charge in [0.15, 0.2) is 0 Å². The number of carbonyl (C=O) groups excluding carboxylic acids is 1. The first-order chi connectivity index (χ1) is 14.1. The molecule has 0 aromatic heterocycles. The summed E-state index contributed by atoms with van der Waals surface area (Å²) >= 11 is 4.64. The van der Waals surface area contributed by atoms with Crippen molar-refractivity contribution in [1.29, 1.82) is 0 Å². The normalized spacial score (nSPS) is 8.97. The highest BCUT2D eigenvalue weighted by atomic mass is 35.5. The van der Waals surface area contributed by atoms with E-state index in [1.165, 1.54) is 28.6 Å². The summed E-state index contributed by atoms with van der Waals surface area (Å²) in [4.78, 5) is 10.1. The average molecular weight is 422 g/mol. The quantitative estimate of drug-likeness (QED) is 0.309. The van der Waals surface area contributed by atoms with E-state index < -0.39 is 0 Å². The number of hydrogen-bond donors (Lipinski definition) is 1. The number of alkyl halides is 1. The molecule has 0 aliphatic carbocycles. The number of ether oxygens (including phenoxy) is 1. The number of rotatable bonds is 8. The van der Waals surface area contributed by atoms with E-state index in [1.807, 2.05) is 26.8 Å². The lowest BCUT2D eigenvalue weighted by Gasteiger charge is -2.05. The molecule has 0 heterocycles. The van der Waals surface area contributed by atoms with Crippen LogP contribution in [0.15, 0.2) is 42.5 Å². The third kappa shape index (κ3) is 14.8. The largest absolute Gasteiger partial charge is 0.496 e. The highest BCUT2D eigenvalue weighted by Gasteiger charge is 1.98. The van der Waals surface area contributed by atoms with Gasteiger partial charge in [0, 0.05) is 12.8 Å². The van der Waals surface area contributed by atoms with Crippen molar-refractivity contribution < 1.29 is 9.53 Å². The van der Waals surface area contributed by atoms with E-state index in [0.717, 1.165) is 37.7 Å². The molecule has 0 spiro atoms. The van der Waals surface area contributed by atoms with Crippen LogP contribution in [-0.2, 0) is 17.6 Å². The van der Waals surface area contributed by atoms with Crippen molar-refractivity contribution in [3.8, 4) is 5.75 Å². The lowest BCUT2D eigenvalue weighted by atomic mass is 10.1. The molecule has 2 rings (SSSR count). The molecule has 29 heavy (non-hydrogen) atoms. The number of aryl methyl sites for hydroxylation is 3. The maximum Gasteiger partial charge on any atom is 0.121 e. The minimum Gasteiger partial charge on any atom is -0.496 e. The van der Waals surface area contributed by atoms with Crippen LogP contribution in [0.1, 0.15) is 55.4 Å². The molecule has 0 unspecified atom stereocenters. The summed E-state index contributed by atoms with van der Waals surface area (Å²) in [6, 6.07) is 14.7. The van der Waals surface area contributed by atoms with Crippen LogP contribution in [0.5, 0.6) is 5.75 Å². The summed E-state index contributed by atoms with van der Waals surface area (Å²) in [6.45, 7) is 8.85. The second kappa shape index (κ2) is 20.9. The van der Waals surface area contributed by atoms with Gasteiger partial charge in [-0.3, -0.25) is 0 Å². The second-order valence-corrected chi connectivity index (χ2v) is 6.24. The Morgan fingerprint density at radius 2 is 1.62 bits per heavy atom. The van der Waals surface area contributed by atoms with Crippen molar-refractivity contribution in [2.45, 2.75) is 59.8 Å². The molecule has 0 fully saturated rings. The number of aldehydes is 1. The lowest BCUT2D eigenvalue weighted by Crippen LogP contribution is -2.02. The zero-order chi connectivity index (χ0) is 22.5. The number of hydrogen-bond acceptors (Lipinski definition) is 3. The zero-order valence-electron chi connectivity index (χ0n) is 19.1. The molecular weight excluding hydrogens is 382 g/mol. The minimum atomic E-state index is 0.700. The number of benzene rings is 2. The summed E-state index contributed by atoms with van der Waals surface area (Å²) in [5.41, 5.74) is 10.6. The minimum absolute atomic E-state index is 0.700. The van der Waals surface area contributed by atoms with Crippen LogP contribution in [0.3, 0.4) is 0 Å². The number of nitrogens with two attached hydrogens (primary N) is 1. The molecule has 0 aliphatic rings. The molecule has 3 nitrogen and oxygen atoms in total. The van der Waals surface area contributed by atoms with E-state index in [4.69, 9.17) is 10.5 Å². The molecule has 4 heteroatoms. The van der Waals surface area contributed by atoms with Crippen LogP contribution >= 0.6 is 11.6 Å². The van der Waals surface area contributed by atoms with Crippen molar-refractivity contribution in [3.05, 3.63) is 64.7 Å². The molecule has 0 bridgehead atoms. The van der Waals surface area contributed by atoms with Gasteiger partial charge in [-0.25, -0.2) is 0 Å². The van der Waals surface area contributed by atoms with Gasteiger partial charge in [-0.15, -0.1) is 11.6 Å². The molecule has 164 valence electrons. The first-order valence-corrected chi connectivity index (χ1v) is 11.1. The summed E-state index contributed by atoms with van der Waals surface area (Å²) in [6.07, 6.45) is 7.32. The fourth-order valence-electron chi connectivity index (χ4n) is 2.69. The van der Waals surface area contributed by atoms with Crippen molar-refractivity contribution in [2.75, 3.05) is 20.0 Å². The molecule has 2 aromatic rings. The van der Waals surface area contributed by atoms with Crippen LogP contribution in [0.2, 0.25) is 0 Å². The van der Waals surface area contributed by atoms with Crippen molar-refractivity contribution >= 4 is 17.9 Å². The predicted octanol–water partition coefficient (Wildman–Crippen LogP) is 6.29. The maximum absolute atomic E-state index is 10.1. The lowest BCUT2D eigenvalue weighted by molar-refractivity contribution is -0.107. The topological polar surface area (TPSA) is 52.3 Å². The molecule has 2 aromatic carbocycles. The van der Waals surface area contributed by atoms with Gasteiger partial charge >= 0.3 is 0 Å². The van der Waals surface area contributed by atoms with Gasteiger partial charge in [0.25, 0.3) is 0 Å². The fraction of sp³-hybridized carbons (Fsp3) is 0.480. The van der Waals surface area contributed by atoms with Gasteiger partial charge in [-0.2, -0.15) is 0 Å². The smallest absolute Gasteiger partial charge is 0.121 e. The van der Waals surface area contributed by atoms with Crippen LogP contribution < -0.4 is 10.5 Å². The molecule has 0 radical (unpaired) electrons. The molecule has 0 amide bonds. The third-order valence-electron chi connectivity index (χ3n) is 4.01. The zero-order valence-corrected chi connectivity index (χ0v) is 19.9. The van der Waals surface area contributed by atoms with Crippen molar-refractivity contribution in [3.63, 3.8) is 0 Å². The maximum atomic E-state index is 10.1. The summed E-state index contributed by atoms with van der Waals surface area (Å²) in [7, 11) is 1.69. The van der Waals surface area contributed by atoms with E-state index in [1.54, 1.807) is 7.11 Å². The molecule has 0 saturated carbocycles. The first kappa shape index (κ1) is 29.4. The summed E-state index contributed by atoms with van der Waals surface area (Å²) in [5, 5.41) is 0. The number of halogens is 1. The van der Waals surface area contributed by atoms with E-state index in [9.17, 15) is 4.79 Å². The summed E-state index contributed by atoms with van der Waals surface area (Å²) in [5.74, 6) is 0.941. The molecule has 0 saturated heterocycles. The number of unbranched alkanes of at least 4 members (excludes halogenated alkanes) is 2. The highest BCUT2D eigenvalue weighted by Crippen LogP contribution is 2.18. The Morgan fingerprint density at radius 1 is 0.966 bits per heavy atom. The molecule has 2 N–H and O–H groups in total. The Morgan fingerprint density at radius 3 is 2.14 bits per heavy atom. The molecular formula is C25H40ClNO2. The van der Waals surface area contributed by atoms with Gasteiger partial charge in [-0.05, 0) is 68.8 Å². The Labute approximate surface area is 183 Å². The predicted molar refractivity (Wildman–Crippen MR) is 128 cm³/mol. The van der Waals surface area contributed by atoms with E-state index in [0.29, 0.717) is 13.0 Å². The third-order valence-corrected chi connectivity index (χ3v) is 4.01. The Kier molecular flexibility index (Phi) is 21.1. The highest BCUT2D eigenvalue weighted by molar-refractivity contribution is 6.15. The van der Waals surface area contributed by atoms with Crippen LogP contribution in [0, 0.1) is 13.8 Å². The van der Waals surface area contributed by atoms with Gasteiger partial charge in [-0.1, -0.05) is 55.8 Å². The first-order valence-electron chi connectivity index (χ1n) is 10.3. The van der Waals surface area contributed by atoms with Crippen molar-refractivity contribution in [1.82, 2.24) is 0 Å². The van der Waals surface area contributed by atoms with Crippen LogP contribution in [0.4, 0.5) is 0 Å². The van der Waals surface area contributed by atoms with E-state index in [-0.39, 0.29) is 0 Å². The fourth-order valence-corrected chi connectivity index (χ4v) is 2.69. The standard InChI is InChI=1S/C12H16O.C10H15NO.C2H6.CH3Cl/c1-11-6-5-8-12(10-11)7-3-2-4-9-13;1-8-7-9(5-6-11)3-4-10(8)12-2;2*1-2/h5-6,8-10H,2-4,7H2,1H3;3-4,7H,5-6,11H2,1-2H3;1-2H3;1H3. The van der Waals surface area contributed by atoms with Crippen molar-refractivity contribution in [2.24, 2.45) is 5.73 Å². The van der Waals surface area contributed by atoms with E-state index in [2.05, 4.69) is 54.9 Å². The van der Waals surface area contributed by atoms with Crippen LogP contribution in [0.25, 0.3) is 0 Å². The average Bonchev–Trinajstić information content (AvgIpc) is 2.75. The Bertz CT molecular complexity index is 644. The van der Waals surface area contributed by atoms with Gasteiger partial charge in [0.05, 0.1) is 7.11 Å². The van der Waals surface area contributed by atoms with Gasteiger partial charge in [0.2, 0.25) is 0 Å². The molecule has 0 atom stereocenters. The van der Waals surface area contributed by atoms with Gasteiger partial charge in [0.1, 0.15) is 12.0 Å². The van der Waals surface area contributed by atoms with Gasteiger partial charge < -0.3 is 15.3 Å². The Hall–Kier alpha value is -1.84. The molecule has 0 aliphatic heterocycles. The summed E-state index contributed by atoms with van der Waals surface area (Å²) < 4.78 is 5.15. The van der Waals surface area contributed by atoms with E-state index >= 15 is 0 Å².